The summed E-state index contributed by atoms with van der Waals surface area (Å²) in [5.41, 5.74) is 4.61. The van der Waals surface area contributed by atoms with Crippen LogP contribution in [-0.2, 0) is 10.0 Å². The fourth-order valence-corrected chi connectivity index (χ4v) is 5.58. The van der Waals surface area contributed by atoms with E-state index in [-0.39, 0.29) is 28.9 Å². The molecule has 1 atom stereocenters. The SMILES string of the molecule is COc1ccccc1-c1c2nc(nc1-c1c(C)cccc1C)NS(=O)(=O)c1cccc(c1)C(=O)N[C@H](C)CO2. The summed E-state index contributed by atoms with van der Waals surface area (Å²) in [6.45, 7) is 5.80. The standard InChI is InChI=1S/C29H28N4O5S/c1-17-9-7-10-18(2)24(17)26-25(22-13-5-6-14-23(22)37-4)28-32-29(31-26)33-39(35,36)21-12-8-11-20(15-21)27(34)30-19(3)16-38-28/h5-15,19H,16H2,1-4H3,(H,30,34)(H,31,32,33)/t19-/m1/s1. The number of aryl methyl sites for hydroxylation is 2. The third-order valence-corrected chi connectivity index (χ3v) is 7.78. The van der Waals surface area contributed by atoms with E-state index < -0.39 is 22.0 Å². The molecule has 0 fully saturated rings. The van der Waals surface area contributed by atoms with Gasteiger partial charge in [0, 0.05) is 16.7 Å². The Hall–Kier alpha value is -4.44. The zero-order valence-corrected chi connectivity index (χ0v) is 22.8. The van der Waals surface area contributed by atoms with Crippen LogP contribution in [0.3, 0.4) is 0 Å². The highest BCUT2D eigenvalue weighted by Crippen LogP contribution is 2.44. The molecule has 0 radical (unpaired) electrons. The number of para-hydroxylation sites is 1. The number of anilines is 1. The second kappa shape index (κ2) is 10.4. The maximum absolute atomic E-state index is 13.4. The minimum atomic E-state index is -4.14. The lowest BCUT2D eigenvalue weighted by Crippen LogP contribution is -2.37. The lowest BCUT2D eigenvalue weighted by atomic mass is 9.93. The first-order chi connectivity index (χ1) is 18.7. The smallest absolute Gasteiger partial charge is 0.264 e. The molecule has 2 heterocycles. The molecule has 39 heavy (non-hydrogen) atoms. The number of carbonyl (C=O) groups is 1. The van der Waals surface area contributed by atoms with Crippen molar-refractivity contribution in [2.75, 3.05) is 18.4 Å². The number of sulfonamides is 1. The Bertz CT molecular complexity index is 1670. The summed E-state index contributed by atoms with van der Waals surface area (Å²) in [6, 6.07) is 18.7. The maximum atomic E-state index is 13.4. The van der Waals surface area contributed by atoms with E-state index in [0.717, 1.165) is 16.7 Å². The third kappa shape index (κ3) is 5.15. The van der Waals surface area contributed by atoms with E-state index >= 15 is 0 Å². The van der Waals surface area contributed by atoms with Gasteiger partial charge < -0.3 is 14.8 Å². The zero-order valence-electron chi connectivity index (χ0n) is 22.0. The maximum Gasteiger partial charge on any atom is 0.264 e. The first-order valence-electron chi connectivity index (χ1n) is 12.4. The molecule has 1 amide bonds. The van der Waals surface area contributed by atoms with E-state index in [4.69, 9.17) is 14.5 Å². The van der Waals surface area contributed by atoms with Gasteiger partial charge in [0.2, 0.25) is 11.8 Å². The predicted octanol–water partition coefficient (Wildman–Crippen LogP) is 4.75. The summed E-state index contributed by atoms with van der Waals surface area (Å²) < 4.78 is 41.2. The Kier molecular flexibility index (Phi) is 6.96. The molecule has 9 nitrogen and oxygen atoms in total. The summed E-state index contributed by atoms with van der Waals surface area (Å²) in [5.74, 6) is 0.151. The number of amides is 1. The van der Waals surface area contributed by atoms with Crippen molar-refractivity contribution in [1.29, 1.82) is 0 Å². The van der Waals surface area contributed by atoms with E-state index in [2.05, 4.69) is 15.0 Å². The summed E-state index contributed by atoms with van der Waals surface area (Å²) in [7, 11) is -2.57. The molecule has 0 unspecified atom stereocenters. The molecule has 0 saturated heterocycles. The number of methoxy groups -OCH3 is 1. The summed E-state index contributed by atoms with van der Waals surface area (Å²) in [5, 5.41) is 2.86. The molecule has 1 aliphatic rings. The molecule has 4 aromatic rings. The molecule has 10 heteroatoms. The topological polar surface area (TPSA) is 120 Å². The van der Waals surface area contributed by atoms with Gasteiger partial charge in [-0.25, -0.2) is 18.1 Å². The van der Waals surface area contributed by atoms with Crippen LogP contribution < -0.4 is 19.5 Å². The van der Waals surface area contributed by atoms with Crippen LogP contribution >= 0.6 is 0 Å². The second-order valence-electron chi connectivity index (χ2n) is 9.36. The van der Waals surface area contributed by atoms with Crippen molar-refractivity contribution >= 4 is 21.9 Å². The largest absolute Gasteiger partial charge is 0.496 e. The van der Waals surface area contributed by atoms with Gasteiger partial charge in [-0.3, -0.25) is 4.79 Å². The number of hydrogen-bond acceptors (Lipinski definition) is 7. The van der Waals surface area contributed by atoms with E-state index in [1.165, 1.54) is 18.2 Å². The van der Waals surface area contributed by atoms with Crippen LogP contribution in [0.1, 0.15) is 28.4 Å². The van der Waals surface area contributed by atoms with Crippen molar-refractivity contribution in [3.05, 3.63) is 83.4 Å². The monoisotopic (exact) mass is 544 g/mol. The highest BCUT2D eigenvalue weighted by molar-refractivity contribution is 7.92. The Morgan fingerprint density at radius 2 is 1.67 bits per heavy atom. The lowest BCUT2D eigenvalue weighted by molar-refractivity contribution is 0.0925. The van der Waals surface area contributed by atoms with Gasteiger partial charge in [0.05, 0.1) is 29.3 Å². The number of nitrogens with zero attached hydrogens (tertiary/aromatic N) is 2. The quantitative estimate of drug-likeness (QED) is 0.382. The van der Waals surface area contributed by atoms with Crippen molar-refractivity contribution < 1.29 is 22.7 Å². The number of ether oxygens (including phenoxy) is 2. The van der Waals surface area contributed by atoms with Gasteiger partial charge >= 0.3 is 0 Å². The molecular weight excluding hydrogens is 516 g/mol. The van der Waals surface area contributed by atoms with Crippen LogP contribution in [0, 0.1) is 13.8 Å². The predicted molar refractivity (Wildman–Crippen MR) is 149 cm³/mol. The Labute approximate surface area is 227 Å². The van der Waals surface area contributed by atoms with Crippen LogP contribution in [0.4, 0.5) is 5.95 Å². The second-order valence-corrected chi connectivity index (χ2v) is 11.0. The molecule has 0 saturated carbocycles. The van der Waals surface area contributed by atoms with Crippen LogP contribution in [0.5, 0.6) is 11.6 Å². The van der Waals surface area contributed by atoms with Crippen molar-refractivity contribution in [3.63, 3.8) is 0 Å². The number of benzene rings is 3. The van der Waals surface area contributed by atoms with Crippen molar-refractivity contribution in [3.8, 4) is 34.0 Å². The van der Waals surface area contributed by atoms with Gasteiger partial charge in [0.15, 0.2) is 0 Å². The number of fused-ring (bicyclic) bond motifs is 4. The summed E-state index contributed by atoms with van der Waals surface area (Å²) >= 11 is 0. The van der Waals surface area contributed by atoms with Crippen LogP contribution in [0.2, 0.25) is 0 Å². The third-order valence-electron chi connectivity index (χ3n) is 6.45. The molecular formula is C29H28N4O5S. The molecule has 3 aromatic carbocycles. The van der Waals surface area contributed by atoms with Gasteiger partial charge in [0.25, 0.3) is 15.9 Å². The Morgan fingerprint density at radius 3 is 2.41 bits per heavy atom. The minimum absolute atomic E-state index is 0.0724. The summed E-state index contributed by atoms with van der Waals surface area (Å²) in [4.78, 5) is 22.0. The van der Waals surface area contributed by atoms with E-state index in [9.17, 15) is 13.2 Å². The van der Waals surface area contributed by atoms with Gasteiger partial charge in [0.1, 0.15) is 12.4 Å². The van der Waals surface area contributed by atoms with Gasteiger partial charge in [-0.1, -0.05) is 42.5 Å². The molecule has 1 aromatic heterocycles. The number of carbonyl (C=O) groups excluding carboxylic acids is 1. The fraction of sp³-hybridized carbons (Fsp3) is 0.207. The number of nitrogens with one attached hydrogen (secondary N) is 2. The van der Waals surface area contributed by atoms with Crippen molar-refractivity contribution in [1.82, 2.24) is 15.3 Å². The molecule has 4 bridgehead atoms. The Balaban J connectivity index is 1.82. The van der Waals surface area contributed by atoms with Gasteiger partial charge in [-0.15, -0.1) is 0 Å². The van der Waals surface area contributed by atoms with Gasteiger partial charge in [-0.05, 0) is 56.2 Å². The molecule has 0 spiro atoms. The van der Waals surface area contributed by atoms with Crippen molar-refractivity contribution in [2.24, 2.45) is 0 Å². The minimum Gasteiger partial charge on any atom is -0.496 e. The molecule has 200 valence electrons. The normalized spacial score (nSPS) is 16.4. The van der Waals surface area contributed by atoms with Crippen LogP contribution in [0.15, 0.2) is 71.6 Å². The highest BCUT2D eigenvalue weighted by Gasteiger charge is 2.27. The average Bonchev–Trinajstić information content (AvgIpc) is 2.91. The molecule has 1 aliphatic heterocycles. The van der Waals surface area contributed by atoms with E-state index in [1.807, 2.05) is 56.3 Å². The van der Waals surface area contributed by atoms with E-state index in [0.29, 0.717) is 22.6 Å². The number of aromatic nitrogens is 2. The fourth-order valence-electron chi connectivity index (χ4n) is 4.59. The number of rotatable bonds is 3. The van der Waals surface area contributed by atoms with Crippen molar-refractivity contribution in [2.45, 2.75) is 31.7 Å². The van der Waals surface area contributed by atoms with E-state index in [1.54, 1.807) is 20.1 Å². The van der Waals surface area contributed by atoms with Gasteiger partial charge in [-0.2, -0.15) is 4.98 Å². The average molecular weight is 545 g/mol. The Morgan fingerprint density at radius 1 is 0.949 bits per heavy atom. The molecule has 0 aliphatic carbocycles. The number of hydrogen-bond donors (Lipinski definition) is 2. The highest BCUT2D eigenvalue weighted by atomic mass is 32.2. The first-order valence-corrected chi connectivity index (χ1v) is 13.8. The molecule has 5 rings (SSSR count). The van der Waals surface area contributed by atoms with Crippen LogP contribution in [0.25, 0.3) is 22.4 Å². The summed E-state index contributed by atoms with van der Waals surface area (Å²) in [6.07, 6.45) is 0. The zero-order chi connectivity index (χ0) is 27.7. The molecule has 2 N–H and O–H groups in total. The first kappa shape index (κ1) is 26.2. The lowest BCUT2D eigenvalue weighted by Gasteiger charge is -2.21. The van der Waals surface area contributed by atoms with Crippen LogP contribution in [-0.4, -0.2) is 44.1 Å².